The monoisotopic (exact) mass is 430 g/mol. The summed E-state index contributed by atoms with van der Waals surface area (Å²) in [7, 11) is 0. The van der Waals surface area contributed by atoms with E-state index in [0.29, 0.717) is 16.5 Å². The van der Waals surface area contributed by atoms with E-state index in [1.807, 2.05) is 12.1 Å². The summed E-state index contributed by atoms with van der Waals surface area (Å²) in [6.07, 6.45) is 1.56. The van der Waals surface area contributed by atoms with Gasteiger partial charge in [0.2, 0.25) is 0 Å². The number of anilines is 1. The number of ketones is 1. The van der Waals surface area contributed by atoms with Gasteiger partial charge in [-0.15, -0.1) is 0 Å². The number of amides is 1. The van der Waals surface area contributed by atoms with Crippen LogP contribution in [0, 0.1) is 11.6 Å². The van der Waals surface area contributed by atoms with Crippen molar-refractivity contribution in [1.29, 1.82) is 0 Å². The van der Waals surface area contributed by atoms with Crippen LogP contribution in [0.25, 0.3) is 16.7 Å². The lowest BCUT2D eigenvalue weighted by molar-refractivity contribution is -0.132. The number of H-pyrrole nitrogens is 1. The number of hydrogen-bond acceptors (Lipinski definition) is 3. The average Bonchev–Trinajstić information content (AvgIpc) is 3.34. The van der Waals surface area contributed by atoms with Crippen LogP contribution >= 0.6 is 0 Å². The molecule has 0 saturated carbocycles. The van der Waals surface area contributed by atoms with Crippen molar-refractivity contribution in [1.82, 2.24) is 4.98 Å². The first-order chi connectivity index (χ1) is 15.5. The zero-order valence-corrected chi connectivity index (χ0v) is 16.5. The number of benzene rings is 3. The number of aromatic nitrogens is 1. The Bertz CT molecular complexity index is 1390. The highest BCUT2D eigenvalue weighted by atomic mass is 19.1. The zero-order chi connectivity index (χ0) is 22.4. The fourth-order valence-electron chi connectivity index (χ4n) is 4.07. The Hall–Kier alpha value is -4.26. The van der Waals surface area contributed by atoms with Crippen molar-refractivity contribution < 1.29 is 23.5 Å². The molecule has 5 nitrogen and oxygen atoms in total. The minimum atomic E-state index is -1.02. The molecule has 5 rings (SSSR count). The van der Waals surface area contributed by atoms with Crippen LogP contribution in [0.2, 0.25) is 0 Å². The molecule has 0 radical (unpaired) electrons. The minimum absolute atomic E-state index is 0.129. The highest BCUT2D eigenvalue weighted by molar-refractivity contribution is 6.51. The maximum absolute atomic E-state index is 13.6. The molecule has 7 heteroatoms. The molecule has 1 aliphatic heterocycles. The van der Waals surface area contributed by atoms with E-state index in [4.69, 9.17) is 0 Å². The number of aliphatic hydroxyl groups excluding tert-OH is 1. The van der Waals surface area contributed by atoms with E-state index in [1.54, 1.807) is 18.3 Å². The van der Waals surface area contributed by atoms with E-state index in [9.17, 15) is 23.5 Å². The highest BCUT2D eigenvalue weighted by Gasteiger charge is 2.47. The molecule has 3 aromatic carbocycles. The quantitative estimate of drug-likeness (QED) is 0.271. The Morgan fingerprint density at radius 3 is 2.19 bits per heavy atom. The van der Waals surface area contributed by atoms with Gasteiger partial charge in [0.25, 0.3) is 11.7 Å². The van der Waals surface area contributed by atoms with Crippen LogP contribution in [0.4, 0.5) is 14.5 Å². The molecule has 1 saturated heterocycles. The Morgan fingerprint density at radius 1 is 0.875 bits per heavy atom. The van der Waals surface area contributed by atoms with Gasteiger partial charge in [0.05, 0.1) is 11.6 Å². The van der Waals surface area contributed by atoms with Crippen molar-refractivity contribution in [3.8, 4) is 0 Å². The van der Waals surface area contributed by atoms with Crippen molar-refractivity contribution in [2.45, 2.75) is 6.04 Å². The summed E-state index contributed by atoms with van der Waals surface area (Å²) in [5, 5.41) is 11.9. The number of rotatable bonds is 3. The number of para-hydroxylation sites is 1. The number of fused-ring (bicyclic) bond motifs is 1. The lowest BCUT2D eigenvalue weighted by atomic mass is 9.95. The van der Waals surface area contributed by atoms with Crippen LogP contribution in [0.1, 0.15) is 17.2 Å². The number of aromatic amines is 1. The third-order valence-electron chi connectivity index (χ3n) is 5.58. The average molecular weight is 430 g/mol. The predicted molar refractivity (Wildman–Crippen MR) is 116 cm³/mol. The topological polar surface area (TPSA) is 73.4 Å². The summed E-state index contributed by atoms with van der Waals surface area (Å²) in [6, 6.07) is 16.6. The summed E-state index contributed by atoms with van der Waals surface area (Å²) in [6.45, 7) is 0. The van der Waals surface area contributed by atoms with Gasteiger partial charge in [-0.05, 0) is 48.0 Å². The summed E-state index contributed by atoms with van der Waals surface area (Å²) < 4.78 is 27.1. The van der Waals surface area contributed by atoms with Crippen molar-refractivity contribution >= 4 is 34.0 Å². The van der Waals surface area contributed by atoms with E-state index < -0.39 is 29.4 Å². The fraction of sp³-hybridized carbons (Fsp3) is 0.0400. The third kappa shape index (κ3) is 3.06. The van der Waals surface area contributed by atoms with E-state index >= 15 is 0 Å². The predicted octanol–water partition coefficient (Wildman–Crippen LogP) is 5.07. The van der Waals surface area contributed by atoms with E-state index in [2.05, 4.69) is 4.98 Å². The third-order valence-corrected chi connectivity index (χ3v) is 5.58. The molecule has 1 aliphatic rings. The molecule has 32 heavy (non-hydrogen) atoms. The standard InChI is InChI=1S/C25H16F2N2O3/c26-15-7-5-14(6-8-15)22-21(23(30)19-13-28-20-4-2-1-3-18(19)20)24(31)25(32)29(22)17-11-9-16(27)10-12-17/h1-13,22,28,30H/b23-21-. The highest BCUT2D eigenvalue weighted by Crippen LogP contribution is 2.43. The molecule has 2 heterocycles. The van der Waals surface area contributed by atoms with Gasteiger partial charge in [0.1, 0.15) is 17.4 Å². The SMILES string of the molecule is O=C1C(=O)N(c2ccc(F)cc2)C(c2ccc(F)cc2)/C1=C(/O)c1c[nH]c2ccccc12. The molecule has 1 atom stereocenters. The minimum Gasteiger partial charge on any atom is -0.507 e. The van der Waals surface area contributed by atoms with E-state index in [1.165, 1.54) is 53.4 Å². The molecule has 0 spiro atoms. The van der Waals surface area contributed by atoms with Gasteiger partial charge in [0.15, 0.2) is 0 Å². The maximum atomic E-state index is 13.6. The second-order valence-electron chi connectivity index (χ2n) is 7.44. The fourth-order valence-corrected chi connectivity index (χ4v) is 4.07. The first kappa shape index (κ1) is 19.7. The number of carbonyl (C=O) groups excluding carboxylic acids is 2. The summed E-state index contributed by atoms with van der Waals surface area (Å²) >= 11 is 0. The number of aliphatic hydroxyl groups is 1. The molecule has 1 fully saturated rings. The van der Waals surface area contributed by atoms with Gasteiger partial charge in [-0.2, -0.15) is 0 Å². The Labute approximate surface area is 181 Å². The van der Waals surface area contributed by atoms with Crippen molar-refractivity contribution in [3.63, 3.8) is 0 Å². The Kier molecular flexibility index (Phi) is 4.59. The van der Waals surface area contributed by atoms with Gasteiger partial charge >= 0.3 is 0 Å². The van der Waals surface area contributed by atoms with Gasteiger partial charge in [-0.1, -0.05) is 30.3 Å². The second kappa shape index (κ2) is 7.46. The number of nitrogens with zero attached hydrogens (tertiary/aromatic N) is 1. The molecule has 1 amide bonds. The van der Waals surface area contributed by atoms with Crippen molar-refractivity contribution in [2.24, 2.45) is 0 Å². The number of halogens is 2. The van der Waals surface area contributed by atoms with Crippen LogP contribution in [0.15, 0.2) is 84.6 Å². The molecule has 1 unspecified atom stereocenters. The van der Waals surface area contributed by atoms with E-state index in [0.717, 1.165) is 5.52 Å². The molecule has 1 aromatic heterocycles. The summed E-state index contributed by atoms with van der Waals surface area (Å²) in [5.74, 6) is -3.08. The molecular formula is C25H16F2N2O3. The maximum Gasteiger partial charge on any atom is 0.300 e. The van der Waals surface area contributed by atoms with Crippen LogP contribution in [0.5, 0.6) is 0 Å². The molecule has 0 bridgehead atoms. The molecular weight excluding hydrogens is 414 g/mol. The van der Waals surface area contributed by atoms with Gasteiger partial charge in [0, 0.05) is 28.4 Å². The molecule has 2 N–H and O–H groups in total. The van der Waals surface area contributed by atoms with Crippen molar-refractivity contribution in [3.05, 3.63) is 107 Å². The van der Waals surface area contributed by atoms with Gasteiger partial charge in [-0.3, -0.25) is 14.5 Å². The Morgan fingerprint density at radius 2 is 1.50 bits per heavy atom. The number of hydrogen-bond donors (Lipinski definition) is 2. The van der Waals surface area contributed by atoms with Gasteiger partial charge in [-0.25, -0.2) is 8.78 Å². The van der Waals surface area contributed by atoms with Crippen LogP contribution in [-0.4, -0.2) is 21.8 Å². The largest absolute Gasteiger partial charge is 0.507 e. The number of nitrogens with one attached hydrogen (secondary N) is 1. The Balaban J connectivity index is 1.75. The molecule has 4 aromatic rings. The lowest BCUT2D eigenvalue weighted by Crippen LogP contribution is -2.29. The lowest BCUT2D eigenvalue weighted by Gasteiger charge is -2.25. The van der Waals surface area contributed by atoms with Crippen molar-refractivity contribution in [2.75, 3.05) is 4.90 Å². The zero-order valence-electron chi connectivity index (χ0n) is 16.5. The van der Waals surface area contributed by atoms with E-state index in [-0.39, 0.29) is 17.0 Å². The smallest absolute Gasteiger partial charge is 0.300 e. The molecule has 158 valence electrons. The van der Waals surface area contributed by atoms with Crippen LogP contribution in [-0.2, 0) is 9.59 Å². The second-order valence-corrected chi connectivity index (χ2v) is 7.44. The first-order valence-corrected chi connectivity index (χ1v) is 9.84. The first-order valence-electron chi connectivity index (χ1n) is 9.84. The summed E-state index contributed by atoms with van der Waals surface area (Å²) in [5.41, 5.74) is 1.69. The van der Waals surface area contributed by atoms with Gasteiger partial charge < -0.3 is 10.1 Å². The summed E-state index contributed by atoms with van der Waals surface area (Å²) in [4.78, 5) is 30.4. The van der Waals surface area contributed by atoms with Crippen LogP contribution < -0.4 is 4.90 Å². The van der Waals surface area contributed by atoms with Crippen LogP contribution in [0.3, 0.4) is 0 Å². The number of Topliss-reactive ketones (excluding diaryl/α,β-unsaturated/α-hetero) is 1. The number of carbonyl (C=O) groups is 2. The normalized spacial score (nSPS) is 17.9. The molecule has 0 aliphatic carbocycles.